The number of hydrogen-bond donors (Lipinski definition) is 1. The molecule has 2 aliphatic rings. The highest BCUT2D eigenvalue weighted by molar-refractivity contribution is 6.05. The number of carbonyl (C=O) groups excluding carboxylic acids is 3. The molecule has 1 aromatic carbocycles. The summed E-state index contributed by atoms with van der Waals surface area (Å²) in [4.78, 5) is 35.8. The molecule has 1 aliphatic heterocycles. The van der Waals surface area contributed by atoms with E-state index in [4.69, 9.17) is 14.2 Å². The minimum Gasteiger partial charge on any atom is -0.455 e. The highest BCUT2D eigenvalue weighted by atomic mass is 16.7. The summed E-state index contributed by atoms with van der Waals surface area (Å²) in [5.41, 5.74) is 0.611. The Hall–Kier alpha value is -2.83. The number of ether oxygens (including phenoxy) is 3. The van der Waals surface area contributed by atoms with E-state index in [1.54, 1.807) is 0 Å². The molecule has 1 atom stereocenters. The molecule has 1 aromatic rings. The fourth-order valence-corrected chi connectivity index (χ4v) is 2.79. The molecule has 1 amide bonds. The third kappa shape index (κ3) is 3.99. The van der Waals surface area contributed by atoms with Crippen molar-refractivity contribution in [1.82, 2.24) is 0 Å². The van der Waals surface area contributed by atoms with Gasteiger partial charge in [0, 0.05) is 11.6 Å². The maximum Gasteiger partial charge on any atom is 0.309 e. The number of amides is 1. The van der Waals surface area contributed by atoms with Crippen LogP contribution in [0, 0.1) is 5.92 Å². The van der Waals surface area contributed by atoms with Gasteiger partial charge >= 0.3 is 5.97 Å². The van der Waals surface area contributed by atoms with Crippen molar-refractivity contribution in [2.24, 2.45) is 5.92 Å². The van der Waals surface area contributed by atoms with Gasteiger partial charge in [0.25, 0.3) is 5.91 Å². The highest BCUT2D eigenvalue weighted by Gasteiger charge is 2.23. The summed E-state index contributed by atoms with van der Waals surface area (Å²) >= 11 is 0. The number of nitrogens with one attached hydrogen (secondary N) is 1. The van der Waals surface area contributed by atoms with E-state index in [0.29, 0.717) is 29.2 Å². The van der Waals surface area contributed by atoms with E-state index in [9.17, 15) is 14.4 Å². The predicted octanol–water partition coefficient (Wildman–Crippen LogP) is 2.46. The molecule has 7 nitrogen and oxygen atoms in total. The summed E-state index contributed by atoms with van der Waals surface area (Å²) in [5, 5.41) is 2.59. The number of anilines is 1. The number of ketones is 1. The van der Waals surface area contributed by atoms with Crippen LogP contribution in [-0.4, -0.2) is 31.1 Å². The van der Waals surface area contributed by atoms with Gasteiger partial charge in [-0.05, 0) is 32.3 Å². The molecule has 1 N–H and O–H groups in total. The van der Waals surface area contributed by atoms with Crippen molar-refractivity contribution in [2.45, 2.75) is 26.2 Å². The Balaban J connectivity index is 1.62. The number of Topliss-reactive ketones (excluding diaryl/α,β-unsaturated/α-hetero) is 1. The first-order valence-electron chi connectivity index (χ1n) is 8.10. The Kier molecular flexibility index (Phi) is 5.02. The molecule has 0 unspecified atom stereocenters. The smallest absolute Gasteiger partial charge is 0.309 e. The molecule has 0 spiro atoms. The first-order chi connectivity index (χ1) is 12.0. The minimum absolute atomic E-state index is 0.0670. The van der Waals surface area contributed by atoms with E-state index in [2.05, 4.69) is 5.32 Å². The van der Waals surface area contributed by atoms with E-state index in [-0.39, 0.29) is 24.5 Å². The van der Waals surface area contributed by atoms with Gasteiger partial charge in [0.15, 0.2) is 23.9 Å². The molecule has 132 valence electrons. The normalized spacial score (nSPS) is 17.9. The molecule has 0 fully saturated rings. The van der Waals surface area contributed by atoms with Crippen molar-refractivity contribution in [3.05, 3.63) is 29.8 Å². The molecule has 0 radical (unpaired) electrons. The zero-order chi connectivity index (χ0) is 17.8. The molecular formula is C18H19NO6. The third-order valence-electron chi connectivity index (χ3n) is 4.11. The monoisotopic (exact) mass is 345 g/mol. The largest absolute Gasteiger partial charge is 0.455 e. The number of carbonyl (C=O) groups is 3. The van der Waals surface area contributed by atoms with Crippen LogP contribution >= 0.6 is 0 Å². The Labute approximate surface area is 144 Å². The van der Waals surface area contributed by atoms with Gasteiger partial charge in [-0.3, -0.25) is 14.4 Å². The number of benzene rings is 1. The molecule has 1 heterocycles. The fourth-order valence-electron chi connectivity index (χ4n) is 2.79. The van der Waals surface area contributed by atoms with Gasteiger partial charge in [0.1, 0.15) is 0 Å². The minimum atomic E-state index is -0.513. The van der Waals surface area contributed by atoms with Crippen LogP contribution in [0.25, 0.3) is 0 Å². The second-order valence-electron chi connectivity index (χ2n) is 5.94. The first-order valence-corrected chi connectivity index (χ1v) is 8.10. The van der Waals surface area contributed by atoms with E-state index in [0.717, 1.165) is 12.8 Å². The first kappa shape index (κ1) is 17.0. The molecule has 0 saturated carbocycles. The van der Waals surface area contributed by atoms with Crippen molar-refractivity contribution < 1.29 is 28.6 Å². The zero-order valence-electron chi connectivity index (χ0n) is 13.9. The van der Waals surface area contributed by atoms with E-state index in [1.165, 1.54) is 19.1 Å². The van der Waals surface area contributed by atoms with Gasteiger partial charge in [-0.2, -0.15) is 0 Å². The van der Waals surface area contributed by atoms with Crippen LogP contribution in [0.1, 0.15) is 36.5 Å². The number of allylic oxidation sites excluding steroid dienone is 2. The standard InChI is InChI=1S/C18H19NO6/c1-11(20)13-7-15-16(25-10-24-15)8-14(13)19-17(21)9-23-18(22)12-5-3-2-4-6-12/h2-3,7-8,12H,4-6,9-10H2,1H3,(H,19,21)/t12-/m1/s1. The van der Waals surface area contributed by atoms with Gasteiger partial charge in [0.05, 0.1) is 11.6 Å². The summed E-state index contributed by atoms with van der Waals surface area (Å²) < 4.78 is 15.6. The van der Waals surface area contributed by atoms with Crippen LogP contribution in [0.2, 0.25) is 0 Å². The van der Waals surface area contributed by atoms with Gasteiger partial charge in [0.2, 0.25) is 6.79 Å². The average Bonchev–Trinajstić information content (AvgIpc) is 3.07. The lowest BCUT2D eigenvalue weighted by Crippen LogP contribution is -2.25. The Morgan fingerprint density at radius 3 is 2.64 bits per heavy atom. The number of fused-ring (bicyclic) bond motifs is 1. The predicted molar refractivity (Wildman–Crippen MR) is 88.6 cm³/mol. The summed E-state index contributed by atoms with van der Waals surface area (Å²) in [7, 11) is 0. The van der Waals surface area contributed by atoms with Crippen molar-refractivity contribution in [3.63, 3.8) is 0 Å². The Bertz CT molecular complexity index is 739. The highest BCUT2D eigenvalue weighted by Crippen LogP contribution is 2.37. The topological polar surface area (TPSA) is 90.9 Å². The molecule has 25 heavy (non-hydrogen) atoms. The molecule has 0 saturated heterocycles. The van der Waals surface area contributed by atoms with Gasteiger partial charge < -0.3 is 19.5 Å². The molecule has 0 bridgehead atoms. The van der Waals surface area contributed by atoms with Crippen molar-refractivity contribution in [1.29, 1.82) is 0 Å². The average molecular weight is 345 g/mol. The molecular weight excluding hydrogens is 326 g/mol. The number of hydrogen-bond acceptors (Lipinski definition) is 6. The second-order valence-corrected chi connectivity index (χ2v) is 5.94. The summed E-state index contributed by atoms with van der Waals surface area (Å²) in [5.74, 6) is -0.403. The van der Waals surface area contributed by atoms with Crippen LogP contribution in [0.5, 0.6) is 11.5 Å². The van der Waals surface area contributed by atoms with E-state index < -0.39 is 12.5 Å². The molecule has 0 aromatic heterocycles. The van der Waals surface area contributed by atoms with Crippen LogP contribution in [0.4, 0.5) is 5.69 Å². The SMILES string of the molecule is CC(=O)c1cc2c(cc1NC(=O)COC(=O)[C@@H]1CC=CCC1)OCO2. The maximum atomic E-state index is 12.1. The van der Waals surface area contributed by atoms with Gasteiger partial charge in [-0.15, -0.1) is 0 Å². The number of esters is 1. The second kappa shape index (κ2) is 7.38. The summed E-state index contributed by atoms with van der Waals surface area (Å²) in [6.07, 6.45) is 6.18. The summed E-state index contributed by atoms with van der Waals surface area (Å²) in [6, 6.07) is 3.06. The third-order valence-corrected chi connectivity index (χ3v) is 4.11. The quantitative estimate of drug-likeness (QED) is 0.501. The number of rotatable bonds is 5. The Morgan fingerprint density at radius 2 is 1.96 bits per heavy atom. The molecule has 1 aliphatic carbocycles. The van der Waals surface area contributed by atoms with Crippen LogP contribution in [0.15, 0.2) is 24.3 Å². The maximum absolute atomic E-state index is 12.1. The lowest BCUT2D eigenvalue weighted by Gasteiger charge is -2.16. The van der Waals surface area contributed by atoms with E-state index >= 15 is 0 Å². The fraction of sp³-hybridized carbons (Fsp3) is 0.389. The van der Waals surface area contributed by atoms with Crippen LogP contribution in [0.3, 0.4) is 0 Å². The van der Waals surface area contributed by atoms with Crippen molar-refractivity contribution in [3.8, 4) is 11.5 Å². The molecule has 3 rings (SSSR count). The lowest BCUT2D eigenvalue weighted by molar-refractivity contribution is -0.151. The van der Waals surface area contributed by atoms with Crippen LogP contribution in [-0.2, 0) is 14.3 Å². The van der Waals surface area contributed by atoms with E-state index in [1.807, 2.05) is 12.2 Å². The molecule has 7 heteroatoms. The van der Waals surface area contributed by atoms with Crippen molar-refractivity contribution >= 4 is 23.3 Å². The summed E-state index contributed by atoms with van der Waals surface area (Å²) in [6.45, 7) is 1.06. The van der Waals surface area contributed by atoms with Crippen molar-refractivity contribution in [2.75, 3.05) is 18.7 Å². The van der Waals surface area contributed by atoms with Crippen LogP contribution < -0.4 is 14.8 Å². The lowest BCUT2D eigenvalue weighted by atomic mass is 9.95. The van der Waals surface area contributed by atoms with Gasteiger partial charge in [-0.1, -0.05) is 12.2 Å². The Morgan fingerprint density at radius 1 is 1.20 bits per heavy atom. The van der Waals surface area contributed by atoms with Gasteiger partial charge in [-0.25, -0.2) is 0 Å². The zero-order valence-corrected chi connectivity index (χ0v) is 13.9.